The van der Waals surface area contributed by atoms with Crippen LogP contribution in [-0.4, -0.2) is 20.5 Å². The number of fused-ring (bicyclic) bond motifs is 1. The lowest BCUT2D eigenvalue weighted by molar-refractivity contribution is -0.131. The van der Waals surface area contributed by atoms with Crippen LogP contribution in [0.5, 0.6) is 0 Å². The van der Waals surface area contributed by atoms with Crippen LogP contribution >= 0.6 is 15.9 Å². The average Bonchev–Trinajstić information content (AvgIpc) is 2.52. The van der Waals surface area contributed by atoms with Gasteiger partial charge in [0.2, 0.25) is 0 Å². The molecule has 2 aromatic rings. The van der Waals surface area contributed by atoms with Crippen molar-refractivity contribution in [3.05, 3.63) is 39.8 Å². The van der Waals surface area contributed by atoms with Gasteiger partial charge in [-0.05, 0) is 47.5 Å². The zero-order chi connectivity index (χ0) is 12.6. The molecule has 0 aliphatic carbocycles. The van der Waals surface area contributed by atoms with Crippen molar-refractivity contribution < 1.29 is 9.90 Å². The average molecular weight is 295 g/mol. The predicted octanol–water partition coefficient (Wildman–Crippen LogP) is 2.81. The SMILES string of the molecule is Cc1nc2c(C)cc(Br)cn2c1/C=C/C(=O)O. The Kier molecular flexibility index (Phi) is 3.02. The lowest BCUT2D eigenvalue weighted by atomic mass is 10.3. The minimum absolute atomic E-state index is 0.784. The molecule has 2 heterocycles. The van der Waals surface area contributed by atoms with Gasteiger partial charge in [0.25, 0.3) is 0 Å². The molecule has 5 heteroatoms. The van der Waals surface area contributed by atoms with E-state index in [2.05, 4.69) is 20.9 Å². The molecule has 0 fully saturated rings. The number of nitrogens with zero attached hydrogens (tertiary/aromatic N) is 2. The zero-order valence-corrected chi connectivity index (χ0v) is 11.0. The monoisotopic (exact) mass is 294 g/mol. The number of aliphatic carboxylic acids is 1. The van der Waals surface area contributed by atoms with Crippen LogP contribution in [0.15, 0.2) is 22.8 Å². The minimum Gasteiger partial charge on any atom is -0.478 e. The fraction of sp³-hybridized carbons (Fsp3) is 0.167. The summed E-state index contributed by atoms with van der Waals surface area (Å²) in [6, 6.07) is 1.98. The summed E-state index contributed by atoms with van der Waals surface area (Å²) in [6.45, 7) is 3.83. The maximum absolute atomic E-state index is 10.6. The third-order valence-corrected chi connectivity index (χ3v) is 2.91. The van der Waals surface area contributed by atoms with Crippen LogP contribution in [0.25, 0.3) is 11.7 Å². The first-order valence-electron chi connectivity index (χ1n) is 5.05. The van der Waals surface area contributed by atoms with E-state index in [1.807, 2.05) is 30.5 Å². The highest BCUT2D eigenvalue weighted by atomic mass is 79.9. The molecule has 0 aliphatic rings. The molecule has 88 valence electrons. The largest absolute Gasteiger partial charge is 0.478 e. The van der Waals surface area contributed by atoms with Crippen molar-refractivity contribution in [2.24, 2.45) is 0 Å². The third kappa shape index (κ3) is 2.24. The Morgan fingerprint density at radius 2 is 2.24 bits per heavy atom. The van der Waals surface area contributed by atoms with Gasteiger partial charge < -0.3 is 5.11 Å². The number of aromatic nitrogens is 2. The van der Waals surface area contributed by atoms with Gasteiger partial charge >= 0.3 is 5.97 Å². The second kappa shape index (κ2) is 4.33. The fourth-order valence-corrected chi connectivity index (χ4v) is 2.30. The number of carbonyl (C=O) groups is 1. The van der Waals surface area contributed by atoms with E-state index in [4.69, 9.17) is 5.11 Å². The molecular formula is C12H11BrN2O2. The first kappa shape index (κ1) is 11.9. The van der Waals surface area contributed by atoms with Crippen LogP contribution in [0, 0.1) is 13.8 Å². The van der Waals surface area contributed by atoms with E-state index in [1.54, 1.807) is 6.08 Å². The number of pyridine rings is 1. The normalized spacial score (nSPS) is 11.5. The van der Waals surface area contributed by atoms with Crippen LogP contribution in [0.3, 0.4) is 0 Å². The molecule has 0 radical (unpaired) electrons. The van der Waals surface area contributed by atoms with Crippen LogP contribution in [0.4, 0.5) is 0 Å². The number of hydrogen-bond donors (Lipinski definition) is 1. The molecule has 0 aliphatic heterocycles. The van der Waals surface area contributed by atoms with E-state index in [0.717, 1.165) is 33.1 Å². The molecule has 2 rings (SSSR count). The van der Waals surface area contributed by atoms with E-state index in [9.17, 15) is 4.79 Å². The summed E-state index contributed by atoms with van der Waals surface area (Å²) in [5, 5.41) is 8.66. The van der Waals surface area contributed by atoms with E-state index >= 15 is 0 Å². The van der Waals surface area contributed by atoms with Crippen molar-refractivity contribution in [1.29, 1.82) is 0 Å². The Balaban J connectivity index is 2.70. The van der Waals surface area contributed by atoms with Crippen molar-refractivity contribution in [2.75, 3.05) is 0 Å². The molecule has 0 saturated carbocycles. The smallest absolute Gasteiger partial charge is 0.328 e. The van der Waals surface area contributed by atoms with Crippen LogP contribution in [-0.2, 0) is 4.79 Å². The van der Waals surface area contributed by atoms with Crippen molar-refractivity contribution in [3.8, 4) is 0 Å². The maximum atomic E-state index is 10.6. The summed E-state index contributed by atoms with van der Waals surface area (Å²) in [5.74, 6) is -0.967. The van der Waals surface area contributed by atoms with Gasteiger partial charge in [0.1, 0.15) is 5.65 Å². The highest BCUT2D eigenvalue weighted by molar-refractivity contribution is 9.10. The molecule has 0 unspecified atom stereocenters. The predicted molar refractivity (Wildman–Crippen MR) is 69.0 cm³/mol. The Bertz CT molecular complexity index is 629. The topological polar surface area (TPSA) is 54.6 Å². The highest BCUT2D eigenvalue weighted by Gasteiger charge is 2.09. The molecule has 0 aromatic carbocycles. The first-order chi connectivity index (χ1) is 7.99. The third-order valence-electron chi connectivity index (χ3n) is 2.48. The van der Waals surface area contributed by atoms with E-state index in [1.165, 1.54) is 0 Å². The molecule has 2 aromatic heterocycles. The van der Waals surface area contributed by atoms with Gasteiger partial charge in [0.15, 0.2) is 0 Å². The van der Waals surface area contributed by atoms with Crippen LogP contribution in [0.2, 0.25) is 0 Å². The second-order valence-corrected chi connectivity index (χ2v) is 4.70. The molecule has 0 spiro atoms. The zero-order valence-electron chi connectivity index (χ0n) is 9.44. The molecule has 4 nitrogen and oxygen atoms in total. The summed E-state index contributed by atoms with van der Waals surface area (Å²) in [6.07, 6.45) is 4.56. The molecule has 0 bridgehead atoms. The molecule has 17 heavy (non-hydrogen) atoms. The number of carboxylic acids is 1. The van der Waals surface area contributed by atoms with E-state index in [0.29, 0.717) is 0 Å². The number of rotatable bonds is 2. The Labute approximate surface area is 107 Å². The van der Waals surface area contributed by atoms with Crippen molar-refractivity contribution >= 4 is 33.6 Å². The van der Waals surface area contributed by atoms with Gasteiger partial charge in [-0.25, -0.2) is 9.78 Å². The number of aryl methyl sites for hydroxylation is 2. The van der Waals surface area contributed by atoms with Crippen LogP contribution in [0.1, 0.15) is 17.0 Å². The van der Waals surface area contributed by atoms with Gasteiger partial charge in [-0.3, -0.25) is 4.40 Å². The van der Waals surface area contributed by atoms with Crippen molar-refractivity contribution in [1.82, 2.24) is 9.38 Å². The molecule has 0 amide bonds. The van der Waals surface area contributed by atoms with Crippen LogP contribution < -0.4 is 0 Å². The Morgan fingerprint density at radius 3 is 2.88 bits per heavy atom. The summed E-state index contributed by atoms with van der Waals surface area (Å²) in [5.41, 5.74) is 3.48. The number of carboxylic acid groups (broad SMARTS) is 1. The standard InChI is InChI=1S/C12H11BrN2O2/c1-7-5-9(13)6-15-10(3-4-11(16)17)8(2)14-12(7)15/h3-6H,1-2H3,(H,16,17)/b4-3+. The van der Waals surface area contributed by atoms with Gasteiger partial charge in [-0.15, -0.1) is 0 Å². The van der Waals surface area contributed by atoms with Crippen molar-refractivity contribution in [2.45, 2.75) is 13.8 Å². The Morgan fingerprint density at radius 1 is 1.53 bits per heavy atom. The van der Waals surface area contributed by atoms with Crippen molar-refractivity contribution in [3.63, 3.8) is 0 Å². The van der Waals surface area contributed by atoms with Gasteiger partial charge in [-0.1, -0.05) is 0 Å². The second-order valence-electron chi connectivity index (χ2n) is 3.79. The summed E-state index contributed by atoms with van der Waals surface area (Å²) >= 11 is 3.42. The number of imidazole rings is 1. The van der Waals surface area contributed by atoms with Gasteiger partial charge in [0.05, 0.1) is 11.4 Å². The summed E-state index contributed by atoms with van der Waals surface area (Å²) in [4.78, 5) is 15.0. The Hall–Kier alpha value is -1.62. The first-order valence-corrected chi connectivity index (χ1v) is 5.84. The summed E-state index contributed by atoms with van der Waals surface area (Å²) < 4.78 is 2.82. The van der Waals surface area contributed by atoms with E-state index in [-0.39, 0.29) is 0 Å². The van der Waals surface area contributed by atoms with E-state index < -0.39 is 5.97 Å². The molecular weight excluding hydrogens is 284 g/mol. The fourth-order valence-electron chi connectivity index (χ4n) is 1.75. The number of hydrogen-bond acceptors (Lipinski definition) is 2. The summed E-state index contributed by atoms with van der Waals surface area (Å²) in [7, 11) is 0. The molecule has 1 N–H and O–H groups in total. The van der Waals surface area contributed by atoms with Gasteiger partial charge in [0, 0.05) is 16.7 Å². The molecule has 0 saturated heterocycles. The van der Waals surface area contributed by atoms with Gasteiger partial charge in [-0.2, -0.15) is 0 Å². The minimum atomic E-state index is -0.967. The number of halogens is 1. The highest BCUT2D eigenvalue weighted by Crippen LogP contribution is 2.21. The maximum Gasteiger partial charge on any atom is 0.328 e. The lowest BCUT2D eigenvalue weighted by Gasteiger charge is -2.01. The molecule has 0 atom stereocenters. The quantitative estimate of drug-likeness (QED) is 0.867. The lowest BCUT2D eigenvalue weighted by Crippen LogP contribution is -1.92.